The summed E-state index contributed by atoms with van der Waals surface area (Å²) in [5.74, 6) is 1.84. The Morgan fingerprint density at radius 3 is 2.24 bits per heavy atom. The number of hydrogen-bond acceptors (Lipinski definition) is 3. The Morgan fingerprint density at radius 2 is 1.76 bits per heavy atom. The van der Waals surface area contributed by atoms with Gasteiger partial charge in [0.2, 0.25) is 0 Å². The average Bonchev–Trinajstić information content (AvgIpc) is 2.36. The number of benzene rings is 1. The van der Waals surface area contributed by atoms with Crippen molar-refractivity contribution in [1.29, 1.82) is 0 Å². The molecule has 0 fully saturated rings. The standard InChI is InChI=1S/C13H20BrNO2/c1-5-8(2)13(15)9-6-11(16-3)12(17-4)7-10(9)14/h6-8,13H,5,15H2,1-4H3. The van der Waals surface area contributed by atoms with Crippen molar-refractivity contribution >= 4 is 15.9 Å². The summed E-state index contributed by atoms with van der Waals surface area (Å²) in [6.45, 7) is 4.28. The van der Waals surface area contributed by atoms with Crippen LogP contribution in [-0.2, 0) is 0 Å². The fourth-order valence-corrected chi connectivity index (χ4v) is 2.27. The minimum absolute atomic E-state index is 0.00539. The first-order valence-corrected chi connectivity index (χ1v) is 6.51. The molecule has 0 amide bonds. The highest BCUT2D eigenvalue weighted by atomic mass is 79.9. The quantitative estimate of drug-likeness (QED) is 0.905. The maximum atomic E-state index is 6.24. The van der Waals surface area contributed by atoms with E-state index in [1.807, 2.05) is 12.1 Å². The van der Waals surface area contributed by atoms with Crippen LogP contribution in [0.1, 0.15) is 31.9 Å². The normalized spacial score (nSPS) is 14.2. The summed E-state index contributed by atoms with van der Waals surface area (Å²) in [5, 5.41) is 0. The third kappa shape index (κ3) is 3.13. The van der Waals surface area contributed by atoms with E-state index in [0.29, 0.717) is 17.4 Å². The van der Waals surface area contributed by atoms with Crippen molar-refractivity contribution in [3.05, 3.63) is 22.2 Å². The van der Waals surface area contributed by atoms with Crippen LogP contribution in [-0.4, -0.2) is 14.2 Å². The van der Waals surface area contributed by atoms with Crippen LogP contribution >= 0.6 is 15.9 Å². The number of hydrogen-bond donors (Lipinski definition) is 1. The van der Waals surface area contributed by atoms with E-state index in [1.54, 1.807) is 14.2 Å². The van der Waals surface area contributed by atoms with E-state index >= 15 is 0 Å². The Balaban J connectivity index is 3.16. The van der Waals surface area contributed by atoms with Gasteiger partial charge >= 0.3 is 0 Å². The van der Waals surface area contributed by atoms with Crippen LogP contribution in [0.5, 0.6) is 11.5 Å². The molecule has 0 aliphatic heterocycles. The molecule has 0 bridgehead atoms. The zero-order chi connectivity index (χ0) is 13.0. The topological polar surface area (TPSA) is 44.5 Å². The van der Waals surface area contributed by atoms with Crippen molar-refractivity contribution in [2.24, 2.45) is 11.7 Å². The molecule has 2 N–H and O–H groups in total. The maximum absolute atomic E-state index is 6.24. The molecule has 2 atom stereocenters. The van der Waals surface area contributed by atoms with Crippen LogP contribution in [0.3, 0.4) is 0 Å². The van der Waals surface area contributed by atoms with Gasteiger partial charge in [0.05, 0.1) is 14.2 Å². The Kier molecular flexibility index (Phi) is 5.28. The molecule has 96 valence electrons. The summed E-state index contributed by atoms with van der Waals surface area (Å²) >= 11 is 3.53. The molecule has 3 nitrogen and oxygen atoms in total. The summed E-state index contributed by atoms with van der Waals surface area (Å²) < 4.78 is 11.5. The average molecular weight is 302 g/mol. The van der Waals surface area contributed by atoms with E-state index in [9.17, 15) is 0 Å². The predicted octanol–water partition coefficient (Wildman–Crippen LogP) is 3.51. The molecule has 1 aromatic rings. The molecule has 0 spiro atoms. The van der Waals surface area contributed by atoms with Crippen LogP contribution in [0, 0.1) is 5.92 Å². The van der Waals surface area contributed by atoms with Gasteiger partial charge in [0, 0.05) is 10.5 Å². The van der Waals surface area contributed by atoms with Crippen LogP contribution in [0.2, 0.25) is 0 Å². The molecular weight excluding hydrogens is 282 g/mol. The molecule has 2 unspecified atom stereocenters. The van der Waals surface area contributed by atoms with Crippen molar-refractivity contribution < 1.29 is 9.47 Å². The third-order valence-electron chi connectivity index (χ3n) is 3.12. The van der Waals surface area contributed by atoms with Crippen LogP contribution in [0.25, 0.3) is 0 Å². The second kappa shape index (κ2) is 6.26. The third-order valence-corrected chi connectivity index (χ3v) is 3.81. The Labute approximate surface area is 111 Å². The van der Waals surface area contributed by atoms with Crippen LogP contribution < -0.4 is 15.2 Å². The number of methoxy groups -OCH3 is 2. The summed E-state index contributed by atoms with van der Waals surface area (Å²) in [4.78, 5) is 0. The summed E-state index contributed by atoms with van der Waals surface area (Å²) in [6, 6.07) is 3.84. The van der Waals surface area contributed by atoms with Gasteiger partial charge in [0.15, 0.2) is 11.5 Å². The minimum atomic E-state index is -0.00539. The molecule has 1 rings (SSSR count). The number of rotatable bonds is 5. The van der Waals surface area contributed by atoms with E-state index in [0.717, 1.165) is 16.5 Å². The van der Waals surface area contributed by atoms with Crippen molar-refractivity contribution in [2.75, 3.05) is 14.2 Å². The van der Waals surface area contributed by atoms with E-state index in [4.69, 9.17) is 15.2 Å². The molecule has 4 heteroatoms. The van der Waals surface area contributed by atoms with Crippen molar-refractivity contribution in [2.45, 2.75) is 26.3 Å². The monoisotopic (exact) mass is 301 g/mol. The molecular formula is C13H20BrNO2. The molecule has 0 aliphatic carbocycles. The first-order chi connectivity index (χ1) is 8.04. The predicted molar refractivity (Wildman–Crippen MR) is 73.6 cm³/mol. The van der Waals surface area contributed by atoms with Crippen molar-refractivity contribution in [3.8, 4) is 11.5 Å². The first-order valence-electron chi connectivity index (χ1n) is 5.72. The van der Waals surface area contributed by atoms with E-state index < -0.39 is 0 Å². The van der Waals surface area contributed by atoms with Gasteiger partial charge in [0.25, 0.3) is 0 Å². The van der Waals surface area contributed by atoms with Crippen LogP contribution in [0.15, 0.2) is 16.6 Å². The van der Waals surface area contributed by atoms with Gasteiger partial charge in [-0.1, -0.05) is 36.2 Å². The Hall–Kier alpha value is -0.740. The van der Waals surface area contributed by atoms with Crippen LogP contribution in [0.4, 0.5) is 0 Å². The number of nitrogens with two attached hydrogens (primary N) is 1. The molecule has 0 radical (unpaired) electrons. The lowest BCUT2D eigenvalue weighted by molar-refractivity contribution is 0.352. The largest absolute Gasteiger partial charge is 0.493 e. The SMILES string of the molecule is CCC(C)C(N)c1cc(OC)c(OC)cc1Br. The van der Waals surface area contributed by atoms with E-state index in [-0.39, 0.29) is 6.04 Å². The molecule has 1 aromatic carbocycles. The summed E-state index contributed by atoms with van der Waals surface area (Å²) in [5.41, 5.74) is 7.29. The fraction of sp³-hybridized carbons (Fsp3) is 0.538. The summed E-state index contributed by atoms with van der Waals surface area (Å²) in [6.07, 6.45) is 1.04. The lowest BCUT2D eigenvalue weighted by Crippen LogP contribution is -2.19. The van der Waals surface area contributed by atoms with Crippen molar-refractivity contribution in [1.82, 2.24) is 0 Å². The smallest absolute Gasteiger partial charge is 0.161 e. The lowest BCUT2D eigenvalue weighted by atomic mass is 9.93. The molecule has 17 heavy (non-hydrogen) atoms. The van der Waals surface area contributed by atoms with Gasteiger partial charge in [-0.2, -0.15) is 0 Å². The van der Waals surface area contributed by atoms with Gasteiger partial charge in [-0.05, 0) is 23.6 Å². The van der Waals surface area contributed by atoms with Gasteiger partial charge in [-0.3, -0.25) is 0 Å². The van der Waals surface area contributed by atoms with Gasteiger partial charge < -0.3 is 15.2 Å². The maximum Gasteiger partial charge on any atom is 0.161 e. The van der Waals surface area contributed by atoms with Gasteiger partial charge in [-0.15, -0.1) is 0 Å². The molecule has 0 heterocycles. The highest BCUT2D eigenvalue weighted by molar-refractivity contribution is 9.10. The van der Waals surface area contributed by atoms with Crippen molar-refractivity contribution in [3.63, 3.8) is 0 Å². The lowest BCUT2D eigenvalue weighted by Gasteiger charge is -2.21. The Bertz CT molecular complexity index is 382. The zero-order valence-corrected chi connectivity index (χ0v) is 12.4. The highest BCUT2D eigenvalue weighted by Crippen LogP contribution is 2.37. The Morgan fingerprint density at radius 1 is 1.24 bits per heavy atom. The molecule has 0 aliphatic rings. The number of ether oxygens (including phenoxy) is 2. The second-order valence-corrected chi connectivity index (χ2v) is 4.99. The highest BCUT2D eigenvalue weighted by Gasteiger charge is 2.18. The number of halogens is 1. The second-order valence-electron chi connectivity index (χ2n) is 4.14. The fourth-order valence-electron chi connectivity index (χ4n) is 1.69. The molecule has 0 aromatic heterocycles. The molecule has 0 saturated heterocycles. The summed E-state index contributed by atoms with van der Waals surface area (Å²) in [7, 11) is 3.25. The van der Waals surface area contributed by atoms with E-state index in [1.165, 1.54) is 0 Å². The molecule has 0 saturated carbocycles. The van der Waals surface area contributed by atoms with Gasteiger partial charge in [0.1, 0.15) is 0 Å². The minimum Gasteiger partial charge on any atom is -0.493 e. The van der Waals surface area contributed by atoms with Gasteiger partial charge in [-0.25, -0.2) is 0 Å². The zero-order valence-electron chi connectivity index (χ0n) is 10.8. The van der Waals surface area contributed by atoms with E-state index in [2.05, 4.69) is 29.8 Å². The first kappa shape index (κ1) is 14.3.